The summed E-state index contributed by atoms with van der Waals surface area (Å²) in [5.41, 5.74) is 0.489. The van der Waals surface area contributed by atoms with Gasteiger partial charge >= 0.3 is 0 Å². The van der Waals surface area contributed by atoms with E-state index in [0.29, 0.717) is 5.56 Å². The van der Waals surface area contributed by atoms with E-state index in [9.17, 15) is 22.9 Å². The van der Waals surface area contributed by atoms with Crippen LogP contribution < -0.4 is 0 Å². The molecule has 3 rings (SSSR count). The predicted octanol–water partition coefficient (Wildman–Crippen LogP) is 2.55. The molecule has 2 aromatic heterocycles. The highest BCUT2D eigenvalue weighted by Crippen LogP contribution is 2.29. The lowest BCUT2D eigenvalue weighted by Gasteiger charge is -2.11. The first-order valence-corrected chi connectivity index (χ1v) is 9.22. The van der Waals surface area contributed by atoms with Crippen LogP contribution in [0.15, 0.2) is 66.0 Å². The second-order valence-electron chi connectivity index (χ2n) is 5.76. The smallest absolute Gasteiger partial charge is 0.263 e. The fraction of sp³-hybridized carbons (Fsp3) is 0.118. The zero-order valence-electron chi connectivity index (χ0n) is 14.2. The van der Waals surface area contributed by atoms with E-state index in [2.05, 4.69) is 4.98 Å². The first-order valence-electron chi connectivity index (χ1n) is 7.78. The van der Waals surface area contributed by atoms with E-state index in [1.54, 1.807) is 6.07 Å². The molecule has 0 saturated carbocycles. The van der Waals surface area contributed by atoms with Crippen LogP contribution in [0.4, 0.5) is 4.39 Å². The van der Waals surface area contributed by atoms with E-state index in [-0.39, 0.29) is 22.7 Å². The molecule has 1 aromatic carbocycles. The molecule has 140 valence electrons. The third kappa shape index (κ3) is 3.65. The third-order valence-electron chi connectivity index (χ3n) is 3.87. The summed E-state index contributed by atoms with van der Waals surface area (Å²) in [7, 11) is -2.81. The van der Waals surface area contributed by atoms with E-state index < -0.39 is 20.9 Å². The summed E-state index contributed by atoms with van der Waals surface area (Å²) < 4.78 is 41.3. The molecule has 8 nitrogen and oxygen atoms in total. The molecule has 0 aliphatic carbocycles. The van der Waals surface area contributed by atoms with Gasteiger partial charge in [-0.1, -0.05) is 12.1 Å². The normalized spacial score (nSPS) is 11.3. The van der Waals surface area contributed by atoms with E-state index in [0.717, 1.165) is 8.98 Å². The van der Waals surface area contributed by atoms with Gasteiger partial charge in [0.15, 0.2) is 5.03 Å². The van der Waals surface area contributed by atoms with Crippen LogP contribution in [-0.4, -0.2) is 34.5 Å². The summed E-state index contributed by atoms with van der Waals surface area (Å²) >= 11 is 0. The zero-order valence-corrected chi connectivity index (χ0v) is 15.0. The van der Waals surface area contributed by atoms with Crippen molar-refractivity contribution >= 4 is 10.0 Å². The molecule has 10 heteroatoms. The second kappa shape index (κ2) is 7.16. The van der Waals surface area contributed by atoms with Gasteiger partial charge in [-0.05, 0) is 35.9 Å². The summed E-state index contributed by atoms with van der Waals surface area (Å²) in [6.45, 7) is -0.149. The fourth-order valence-corrected chi connectivity index (χ4v) is 3.94. The molecule has 0 aliphatic heterocycles. The van der Waals surface area contributed by atoms with Crippen LogP contribution in [-0.2, 0) is 16.6 Å². The number of aromatic nitrogens is 2. The van der Waals surface area contributed by atoms with Crippen LogP contribution in [0.1, 0.15) is 5.56 Å². The minimum absolute atomic E-state index is 0.0694. The van der Waals surface area contributed by atoms with Crippen molar-refractivity contribution in [1.82, 2.24) is 14.0 Å². The van der Waals surface area contributed by atoms with Crippen LogP contribution in [0, 0.1) is 15.9 Å². The van der Waals surface area contributed by atoms with Crippen molar-refractivity contribution < 1.29 is 17.8 Å². The second-order valence-corrected chi connectivity index (χ2v) is 7.57. The van der Waals surface area contributed by atoms with Crippen molar-refractivity contribution in [1.29, 1.82) is 0 Å². The number of hydrogen-bond acceptors (Lipinski definition) is 5. The molecule has 0 atom stereocenters. The van der Waals surface area contributed by atoms with Gasteiger partial charge in [0, 0.05) is 24.2 Å². The molecule has 0 unspecified atom stereocenters. The highest BCUT2D eigenvalue weighted by Gasteiger charge is 2.24. The maximum Gasteiger partial charge on any atom is 0.269 e. The largest absolute Gasteiger partial charge is 0.269 e. The van der Waals surface area contributed by atoms with E-state index in [1.165, 1.54) is 62.0 Å². The first kappa shape index (κ1) is 18.5. The van der Waals surface area contributed by atoms with Gasteiger partial charge in [0.05, 0.1) is 12.7 Å². The van der Waals surface area contributed by atoms with Crippen molar-refractivity contribution in [3.05, 3.63) is 82.6 Å². The van der Waals surface area contributed by atoms with E-state index >= 15 is 0 Å². The Morgan fingerprint density at radius 2 is 2.00 bits per heavy atom. The minimum Gasteiger partial charge on any atom is -0.263 e. The van der Waals surface area contributed by atoms with Crippen LogP contribution >= 0.6 is 0 Å². The SMILES string of the molecule is CN(Cc1cc(-c2ccccc2F)n(S(=O)(=O)c2cccnc2)c1)[N+](=O)[O-]. The third-order valence-corrected chi connectivity index (χ3v) is 5.53. The Morgan fingerprint density at radius 3 is 2.63 bits per heavy atom. The molecule has 0 bridgehead atoms. The van der Waals surface area contributed by atoms with E-state index in [1.807, 2.05) is 0 Å². The number of nitrogens with zero attached hydrogens (tertiary/aromatic N) is 4. The number of halogens is 1. The molecule has 3 aromatic rings. The van der Waals surface area contributed by atoms with Gasteiger partial charge in [0.25, 0.3) is 10.0 Å². The Bertz CT molecular complexity index is 1080. The van der Waals surface area contributed by atoms with Crippen molar-refractivity contribution in [3.63, 3.8) is 0 Å². The van der Waals surface area contributed by atoms with Crippen molar-refractivity contribution in [3.8, 4) is 11.3 Å². The molecular weight excluding hydrogens is 375 g/mol. The lowest BCUT2D eigenvalue weighted by molar-refractivity contribution is -0.652. The Balaban J connectivity index is 2.18. The van der Waals surface area contributed by atoms with Crippen LogP contribution in [0.5, 0.6) is 0 Å². The van der Waals surface area contributed by atoms with Crippen molar-refractivity contribution in [2.45, 2.75) is 11.4 Å². The Labute approximate surface area is 154 Å². The number of hydrogen-bond donors (Lipinski definition) is 0. The molecule has 0 aliphatic rings. The van der Waals surface area contributed by atoms with Gasteiger partial charge in [-0.25, -0.2) is 26.9 Å². The van der Waals surface area contributed by atoms with Gasteiger partial charge in [-0.2, -0.15) is 0 Å². The summed E-state index contributed by atoms with van der Waals surface area (Å²) in [5.74, 6) is -0.604. The maximum absolute atomic E-state index is 14.3. The Hall–Kier alpha value is -3.27. The fourth-order valence-electron chi connectivity index (χ4n) is 2.58. The van der Waals surface area contributed by atoms with Crippen LogP contribution in [0.25, 0.3) is 11.3 Å². The maximum atomic E-state index is 14.3. The molecule has 0 radical (unpaired) electrons. The number of benzene rings is 1. The average molecular weight is 390 g/mol. The van der Waals surface area contributed by atoms with Crippen LogP contribution in [0.2, 0.25) is 0 Å². The van der Waals surface area contributed by atoms with Gasteiger partial charge in [0.1, 0.15) is 17.3 Å². The molecule has 0 saturated heterocycles. The monoisotopic (exact) mass is 390 g/mol. The predicted molar refractivity (Wildman–Crippen MR) is 95.1 cm³/mol. The van der Waals surface area contributed by atoms with Gasteiger partial charge in [-0.3, -0.25) is 4.98 Å². The highest BCUT2D eigenvalue weighted by molar-refractivity contribution is 7.90. The summed E-state index contributed by atoms with van der Waals surface area (Å²) in [5, 5.41) is 11.1. The van der Waals surface area contributed by atoms with Gasteiger partial charge in [0.2, 0.25) is 0 Å². The molecule has 27 heavy (non-hydrogen) atoms. The quantitative estimate of drug-likeness (QED) is 0.474. The lowest BCUT2D eigenvalue weighted by atomic mass is 10.1. The minimum atomic E-state index is -4.07. The topological polar surface area (TPSA) is 98.3 Å². The number of pyridine rings is 1. The van der Waals surface area contributed by atoms with Gasteiger partial charge in [-0.15, -0.1) is 5.01 Å². The molecular formula is C17H15FN4O4S. The summed E-state index contributed by atoms with van der Waals surface area (Å²) in [6, 6.07) is 9.99. The number of hydrazine groups is 1. The Morgan fingerprint density at radius 1 is 1.26 bits per heavy atom. The van der Waals surface area contributed by atoms with Gasteiger partial charge < -0.3 is 0 Å². The number of nitro groups is 1. The molecule has 0 amide bonds. The standard InChI is InChI=1S/C17H15FN4O4S/c1-20(22(23)24)11-13-9-17(15-6-2-3-7-16(15)18)21(12-13)27(25,26)14-5-4-8-19-10-14/h2-10,12H,11H2,1H3. The Kier molecular flexibility index (Phi) is 4.91. The zero-order chi connectivity index (χ0) is 19.6. The van der Waals surface area contributed by atoms with Crippen molar-refractivity contribution in [2.75, 3.05) is 7.05 Å². The van der Waals surface area contributed by atoms with Crippen LogP contribution in [0.3, 0.4) is 0 Å². The lowest BCUT2D eigenvalue weighted by Crippen LogP contribution is -2.24. The molecule has 2 heterocycles. The highest BCUT2D eigenvalue weighted by atomic mass is 32.2. The average Bonchev–Trinajstić information content (AvgIpc) is 3.07. The molecule has 0 spiro atoms. The summed E-state index contributed by atoms with van der Waals surface area (Å²) in [6.07, 6.45) is 3.87. The molecule has 0 fully saturated rings. The summed E-state index contributed by atoms with van der Waals surface area (Å²) in [4.78, 5) is 14.6. The van der Waals surface area contributed by atoms with Crippen molar-refractivity contribution in [2.24, 2.45) is 0 Å². The first-order chi connectivity index (χ1) is 12.8. The molecule has 0 N–H and O–H groups in total. The number of rotatable bonds is 6. The van der Waals surface area contributed by atoms with E-state index in [4.69, 9.17) is 0 Å².